The van der Waals surface area contributed by atoms with Crippen molar-refractivity contribution in [1.82, 2.24) is 19.4 Å². The highest BCUT2D eigenvalue weighted by Crippen LogP contribution is 2.29. The molecule has 0 saturated carbocycles. The van der Waals surface area contributed by atoms with Crippen LogP contribution in [-0.4, -0.2) is 58.0 Å². The summed E-state index contributed by atoms with van der Waals surface area (Å²) in [6, 6.07) is 12.3. The number of hydrogen-bond acceptors (Lipinski definition) is 4. The molecule has 2 atom stereocenters. The summed E-state index contributed by atoms with van der Waals surface area (Å²) in [5, 5.41) is 0. The first kappa shape index (κ1) is 20.4. The van der Waals surface area contributed by atoms with E-state index in [4.69, 9.17) is 4.98 Å². The van der Waals surface area contributed by atoms with Crippen LogP contribution in [-0.2, 0) is 17.8 Å². The standard InChI is InChI=1S/C25H32N4O2/c30-24-15-22(26-23-9-5-2-6-12-29(23)24)21-11-14-28(17-21)25(31)18-27-13-10-20(16-27)19-7-3-1-4-8-19/h1,3-4,7-8,15,20-21H,2,5-6,9-14,16-18H2. The van der Waals surface area contributed by atoms with Crippen molar-refractivity contribution >= 4 is 5.91 Å². The van der Waals surface area contributed by atoms with Gasteiger partial charge < -0.3 is 4.90 Å². The van der Waals surface area contributed by atoms with Gasteiger partial charge >= 0.3 is 0 Å². The van der Waals surface area contributed by atoms with Crippen LogP contribution in [0.1, 0.15) is 61.0 Å². The Balaban J connectivity index is 1.19. The number of rotatable bonds is 4. The number of hydrogen-bond donors (Lipinski definition) is 0. The fourth-order valence-corrected chi connectivity index (χ4v) is 5.44. The molecule has 6 heteroatoms. The average Bonchev–Trinajstić information content (AvgIpc) is 3.40. The van der Waals surface area contributed by atoms with Crippen LogP contribution in [0.3, 0.4) is 0 Å². The van der Waals surface area contributed by atoms with Gasteiger partial charge in [-0.25, -0.2) is 4.98 Å². The van der Waals surface area contributed by atoms with E-state index in [0.29, 0.717) is 19.0 Å². The van der Waals surface area contributed by atoms with Crippen molar-refractivity contribution in [3.63, 3.8) is 0 Å². The monoisotopic (exact) mass is 420 g/mol. The van der Waals surface area contributed by atoms with Crippen molar-refractivity contribution in [3.05, 3.63) is 63.8 Å². The number of likely N-dealkylation sites (tertiary alicyclic amines) is 2. The fraction of sp³-hybridized carbons (Fsp3) is 0.560. The van der Waals surface area contributed by atoms with Gasteiger partial charge in [-0.15, -0.1) is 0 Å². The summed E-state index contributed by atoms with van der Waals surface area (Å²) in [4.78, 5) is 34.7. The van der Waals surface area contributed by atoms with E-state index >= 15 is 0 Å². The number of carbonyl (C=O) groups excluding carboxylic acids is 1. The van der Waals surface area contributed by atoms with Crippen molar-refractivity contribution in [2.24, 2.45) is 0 Å². The van der Waals surface area contributed by atoms with Gasteiger partial charge in [0.15, 0.2) is 0 Å². The fourth-order valence-electron chi connectivity index (χ4n) is 5.44. The molecule has 31 heavy (non-hydrogen) atoms. The molecule has 164 valence electrons. The highest BCUT2D eigenvalue weighted by molar-refractivity contribution is 5.78. The van der Waals surface area contributed by atoms with Crippen molar-refractivity contribution < 1.29 is 4.79 Å². The van der Waals surface area contributed by atoms with Crippen LogP contribution in [0.25, 0.3) is 0 Å². The Bertz CT molecular complexity index is 987. The predicted molar refractivity (Wildman–Crippen MR) is 120 cm³/mol. The zero-order chi connectivity index (χ0) is 21.2. The number of aryl methyl sites for hydroxylation is 1. The third-order valence-corrected chi connectivity index (χ3v) is 7.25. The van der Waals surface area contributed by atoms with E-state index in [9.17, 15) is 9.59 Å². The Hall–Kier alpha value is -2.47. The van der Waals surface area contributed by atoms with E-state index in [2.05, 4.69) is 35.2 Å². The summed E-state index contributed by atoms with van der Waals surface area (Å²) in [5.74, 6) is 1.86. The van der Waals surface area contributed by atoms with Gasteiger partial charge in [0, 0.05) is 44.6 Å². The van der Waals surface area contributed by atoms with Crippen molar-refractivity contribution in [2.45, 2.75) is 56.9 Å². The Morgan fingerprint density at radius 3 is 2.68 bits per heavy atom. The zero-order valence-corrected chi connectivity index (χ0v) is 18.2. The van der Waals surface area contributed by atoms with E-state index < -0.39 is 0 Å². The van der Waals surface area contributed by atoms with Gasteiger partial charge in [0.2, 0.25) is 5.91 Å². The molecule has 2 saturated heterocycles. The third-order valence-electron chi connectivity index (χ3n) is 7.25. The highest BCUT2D eigenvalue weighted by Gasteiger charge is 2.32. The van der Waals surface area contributed by atoms with Gasteiger partial charge in [-0.3, -0.25) is 19.1 Å². The number of amides is 1. The second-order valence-corrected chi connectivity index (χ2v) is 9.35. The predicted octanol–water partition coefficient (Wildman–Crippen LogP) is 2.78. The first-order chi connectivity index (χ1) is 15.2. The van der Waals surface area contributed by atoms with Gasteiger partial charge in [0.1, 0.15) is 5.82 Å². The van der Waals surface area contributed by atoms with E-state index in [1.165, 1.54) is 5.56 Å². The number of aromatic nitrogens is 2. The average molecular weight is 421 g/mol. The summed E-state index contributed by atoms with van der Waals surface area (Å²) in [6.07, 6.45) is 6.21. The van der Waals surface area contributed by atoms with Crippen molar-refractivity contribution in [3.8, 4) is 0 Å². The molecule has 0 aliphatic carbocycles. The Morgan fingerprint density at radius 2 is 1.81 bits per heavy atom. The van der Waals surface area contributed by atoms with Crippen LogP contribution in [0.4, 0.5) is 0 Å². The molecule has 1 aromatic carbocycles. The molecule has 1 amide bonds. The van der Waals surface area contributed by atoms with Gasteiger partial charge in [-0.05, 0) is 43.7 Å². The molecule has 2 fully saturated rings. The smallest absolute Gasteiger partial charge is 0.253 e. The largest absolute Gasteiger partial charge is 0.341 e. The number of nitrogens with zero attached hydrogens (tertiary/aromatic N) is 4. The summed E-state index contributed by atoms with van der Waals surface area (Å²) >= 11 is 0. The third kappa shape index (κ3) is 4.45. The van der Waals surface area contributed by atoms with Gasteiger partial charge in [0.05, 0.1) is 12.2 Å². The second-order valence-electron chi connectivity index (χ2n) is 9.35. The molecule has 1 aromatic heterocycles. The molecule has 2 aromatic rings. The normalized spacial score (nSPS) is 24.2. The van der Waals surface area contributed by atoms with Crippen LogP contribution in [0, 0.1) is 0 Å². The minimum Gasteiger partial charge on any atom is -0.341 e. The summed E-state index contributed by atoms with van der Waals surface area (Å²) in [5.41, 5.74) is 2.34. The maximum absolute atomic E-state index is 13.0. The molecular formula is C25H32N4O2. The molecule has 4 heterocycles. The Labute approximate surface area is 183 Å². The van der Waals surface area contributed by atoms with Crippen LogP contribution in [0.2, 0.25) is 0 Å². The summed E-state index contributed by atoms with van der Waals surface area (Å²) in [6.45, 7) is 4.67. The minimum atomic E-state index is 0.0793. The molecule has 0 N–H and O–H groups in total. The first-order valence-corrected chi connectivity index (χ1v) is 11.8. The Kier molecular flexibility index (Phi) is 5.90. The lowest BCUT2D eigenvalue weighted by molar-refractivity contribution is -0.131. The molecule has 0 radical (unpaired) electrons. The molecule has 6 nitrogen and oxygen atoms in total. The van der Waals surface area contributed by atoms with E-state index in [1.54, 1.807) is 6.07 Å². The molecule has 2 unspecified atom stereocenters. The lowest BCUT2D eigenvalue weighted by atomic mass is 9.99. The van der Waals surface area contributed by atoms with Crippen LogP contribution in [0.5, 0.6) is 0 Å². The summed E-state index contributed by atoms with van der Waals surface area (Å²) in [7, 11) is 0. The van der Waals surface area contributed by atoms with Crippen LogP contribution in [0.15, 0.2) is 41.2 Å². The molecule has 3 aliphatic rings. The zero-order valence-electron chi connectivity index (χ0n) is 18.2. The van der Waals surface area contributed by atoms with Gasteiger partial charge in [0.25, 0.3) is 5.56 Å². The van der Waals surface area contributed by atoms with Crippen LogP contribution >= 0.6 is 0 Å². The maximum atomic E-state index is 13.0. The van der Waals surface area contributed by atoms with Crippen molar-refractivity contribution in [1.29, 1.82) is 0 Å². The lowest BCUT2D eigenvalue weighted by Crippen LogP contribution is -2.38. The molecule has 0 spiro atoms. The highest BCUT2D eigenvalue weighted by atomic mass is 16.2. The van der Waals surface area contributed by atoms with E-state index in [-0.39, 0.29) is 17.4 Å². The van der Waals surface area contributed by atoms with E-state index in [1.807, 2.05) is 9.47 Å². The SMILES string of the molecule is O=C(CN1CCC(c2ccccc2)C1)N1CCC(c2cc(=O)n3c(n2)CCCCC3)C1. The number of carbonyl (C=O) groups is 1. The Morgan fingerprint density at radius 1 is 0.968 bits per heavy atom. The van der Waals surface area contributed by atoms with Crippen LogP contribution < -0.4 is 5.56 Å². The molecular weight excluding hydrogens is 388 g/mol. The maximum Gasteiger partial charge on any atom is 0.253 e. The topological polar surface area (TPSA) is 58.4 Å². The first-order valence-electron chi connectivity index (χ1n) is 11.8. The van der Waals surface area contributed by atoms with Gasteiger partial charge in [-0.2, -0.15) is 0 Å². The molecule has 3 aliphatic heterocycles. The van der Waals surface area contributed by atoms with Crippen molar-refractivity contribution in [2.75, 3.05) is 32.7 Å². The van der Waals surface area contributed by atoms with Gasteiger partial charge in [-0.1, -0.05) is 36.8 Å². The minimum absolute atomic E-state index is 0.0793. The molecule has 0 bridgehead atoms. The van der Waals surface area contributed by atoms with E-state index in [0.717, 1.165) is 76.2 Å². The molecule has 5 rings (SSSR count). The number of benzene rings is 1. The lowest BCUT2D eigenvalue weighted by Gasteiger charge is -2.21. The number of fused-ring (bicyclic) bond motifs is 1. The quantitative estimate of drug-likeness (QED) is 0.763. The summed E-state index contributed by atoms with van der Waals surface area (Å²) < 4.78 is 1.85. The second kappa shape index (κ2) is 8.95.